The molecule has 2 N–H and O–H groups in total. The molecule has 0 atom stereocenters. The molecule has 4 heteroatoms. The Morgan fingerprint density at radius 1 is 1.43 bits per heavy atom. The van der Waals surface area contributed by atoms with Crippen LogP contribution in [0.4, 0.5) is 0 Å². The molecule has 2 aromatic rings. The van der Waals surface area contributed by atoms with E-state index in [2.05, 4.69) is 4.98 Å². The second kappa shape index (κ2) is 3.08. The Labute approximate surface area is 82.3 Å². The van der Waals surface area contributed by atoms with Crippen LogP contribution in [0.1, 0.15) is 19.5 Å². The zero-order valence-electron chi connectivity index (χ0n) is 8.27. The molecule has 2 aromatic heterocycles. The second-order valence-corrected chi connectivity index (χ2v) is 3.70. The third kappa shape index (κ3) is 1.29. The van der Waals surface area contributed by atoms with Crippen molar-refractivity contribution in [3.8, 4) is 0 Å². The predicted molar refractivity (Wildman–Crippen MR) is 53.5 cm³/mol. The molecule has 0 saturated carbocycles. The van der Waals surface area contributed by atoms with Crippen LogP contribution in [0.3, 0.4) is 0 Å². The highest BCUT2D eigenvalue weighted by atomic mass is 16.6. The molecule has 0 spiro atoms. The van der Waals surface area contributed by atoms with Crippen molar-refractivity contribution < 1.29 is 4.84 Å². The first-order valence-corrected chi connectivity index (χ1v) is 4.45. The van der Waals surface area contributed by atoms with E-state index in [-0.39, 0.29) is 0 Å². The molecule has 0 fully saturated rings. The summed E-state index contributed by atoms with van der Waals surface area (Å²) in [6.45, 7) is 3.81. The van der Waals surface area contributed by atoms with Crippen molar-refractivity contribution in [2.75, 3.05) is 0 Å². The molecule has 0 aromatic carbocycles. The van der Waals surface area contributed by atoms with Gasteiger partial charge in [-0.05, 0) is 26.0 Å². The van der Waals surface area contributed by atoms with Gasteiger partial charge >= 0.3 is 0 Å². The monoisotopic (exact) mass is 191 g/mol. The van der Waals surface area contributed by atoms with Gasteiger partial charge in [0.05, 0.1) is 11.9 Å². The number of hydrogen-bond donors (Lipinski definition) is 1. The van der Waals surface area contributed by atoms with Crippen molar-refractivity contribution in [2.24, 2.45) is 5.90 Å². The Morgan fingerprint density at radius 3 is 2.93 bits per heavy atom. The van der Waals surface area contributed by atoms with E-state index in [1.807, 2.05) is 42.6 Å². The average molecular weight is 191 g/mol. The maximum atomic E-state index is 5.25. The minimum absolute atomic E-state index is 0.527. The Balaban J connectivity index is 2.64. The number of nitrogens with two attached hydrogens (primary N) is 1. The van der Waals surface area contributed by atoms with Crippen LogP contribution in [0.25, 0.3) is 5.65 Å². The molecule has 0 saturated heterocycles. The molecule has 0 radical (unpaired) electrons. The lowest BCUT2D eigenvalue weighted by atomic mass is 10.1. The number of nitrogens with zero attached hydrogens (tertiary/aromatic N) is 2. The van der Waals surface area contributed by atoms with E-state index in [1.54, 1.807) is 6.20 Å². The summed E-state index contributed by atoms with van der Waals surface area (Å²) >= 11 is 0. The molecule has 14 heavy (non-hydrogen) atoms. The van der Waals surface area contributed by atoms with Crippen LogP contribution in [0.15, 0.2) is 30.6 Å². The van der Waals surface area contributed by atoms with Gasteiger partial charge in [0.1, 0.15) is 11.2 Å². The number of imidazole rings is 1. The maximum Gasteiger partial charge on any atom is 0.136 e. The molecular formula is C10H13N3O. The van der Waals surface area contributed by atoms with Gasteiger partial charge in [-0.3, -0.25) is 4.84 Å². The summed E-state index contributed by atoms with van der Waals surface area (Å²) < 4.78 is 1.97. The number of pyridine rings is 1. The van der Waals surface area contributed by atoms with E-state index in [0.29, 0.717) is 0 Å². The van der Waals surface area contributed by atoms with Gasteiger partial charge < -0.3 is 4.40 Å². The minimum Gasteiger partial charge on any atom is -0.301 e. The zero-order chi connectivity index (χ0) is 10.2. The van der Waals surface area contributed by atoms with Crippen molar-refractivity contribution in [3.05, 3.63) is 36.3 Å². The Bertz CT molecular complexity index is 447. The fourth-order valence-electron chi connectivity index (χ4n) is 1.44. The maximum absolute atomic E-state index is 5.25. The van der Waals surface area contributed by atoms with Gasteiger partial charge in [0, 0.05) is 6.20 Å². The molecule has 0 aliphatic carbocycles. The summed E-state index contributed by atoms with van der Waals surface area (Å²) in [7, 11) is 0. The molecule has 0 aliphatic rings. The molecular weight excluding hydrogens is 178 g/mol. The van der Waals surface area contributed by atoms with E-state index in [1.165, 1.54) is 0 Å². The van der Waals surface area contributed by atoms with E-state index < -0.39 is 5.60 Å². The van der Waals surface area contributed by atoms with Crippen molar-refractivity contribution in [1.29, 1.82) is 0 Å². The summed E-state index contributed by atoms with van der Waals surface area (Å²) in [5, 5.41) is 0. The summed E-state index contributed by atoms with van der Waals surface area (Å²) in [5.74, 6) is 5.25. The van der Waals surface area contributed by atoms with Gasteiger partial charge in [0.2, 0.25) is 0 Å². The van der Waals surface area contributed by atoms with Crippen molar-refractivity contribution in [2.45, 2.75) is 19.4 Å². The molecule has 74 valence electrons. The number of rotatable bonds is 2. The third-order valence-corrected chi connectivity index (χ3v) is 2.33. The Hall–Kier alpha value is -1.39. The van der Waals surface area contributed by atoms with Crippen molar-refractivity contribution in [3.63, 3.8) is 0 Å². The lowest BCUT2D eigenvalue weighted by molar-refractivity contribution is -0.0274. The van der Waals surface area contributed by atoms with E-state index in [9.17, 15) is 0 Å². The standard InChI is InChI=1S/C10H13N3O/c1-10(2,14-11)8-7-12-9-5-3-4-6-13(8)9/h3-7H,11H2,1-2H3. The fourth-order valence-corrected chi connectivity index (χ4v) is 1.44. The van der Waals surface area contributed by atoms with E-state index in [4.69, 9.17) is 10.7 Å². The smallest absolute Gasteiger partial charge is 0.136 e. The quantitative estimate of drug-likeness (QED) is 0.731. The van der Waals surface area contributed by atoms with E-state index in [0.717, 1.165) is 11.3 Å². The van der Waals surface area contributed by atoms with Gasteiger partial charge in [-0.1, -0.05) is 6.07 Å². The lowest BCUT2D eigenvalue weighted by Gasteiger charge is -2.20. The van der Waals surface area contributed by atoms with Gasteiger partial charge in [0.15, 0.2) is 0 Å². The lowest BCUT2D eigenvalue weighted by Crippen LogP contribution is -2.26. The van der Waals surface area contributed by atoms with Crippen molar-refractivity contribution >= 4 is 5.65 Å². The van der Waals surface area contributed by atoms with Gasteiger partial charge in [-0.2, -0.15) is 0 Å². The predicted octanol–water partition coefficient (Wildman–Crippen LogP) is 1.46. The number of aromatic nitrogens is 2. The van der Waals surface area contributed by atoms with Crippen LogP contribution in [-0.2, 0) is 10.4 Å². The largest absolute Gasteiger partial charge is 0.301 e. The highest BCUT2D eigenvalue weighted by molar-refractivity contribution is 5.40. The van der Waals surface area contributed by atoms with Crippen LogP contribution in [0.2, 0.25) is 0 Å². The SMILES string of the molecule is CC(C)(ON)c1cnc2ccccn12. The molecule has 4 nitrogen and oxygen atoms in total. The molecule has 2 heterocycles. The average Bonchev–Trinajstić information content (AvgIpc) is 2.61. The van der Waals surface area contributed by atoms with Crippen molar-refractivity contribution in [1.82, 2.24) is 9.38 Å². The van der Waals surface area contributed by atoms with Gasteiger partial charge in [-0.15, -0.1) is 0 Å². The van der Waals surface area contributed by atoms with Crippen LogP contribution in [0.5, 0.6) is 0 Å². The summed E-state index contributed by atoms with van der Waals surface area (Å²) in [4.78, 5) is 9.19. The summed E-state index contributed by atoms with van der Waals surface area (Å²) in [6.07, 6.45) is 3.72. The van der Waals surface area contributed by atoms with Crippen LogP contribution in [0, 0.1) is 0 Å². The molecule has 0 amide bonds. The topological polar surface area (TPSA) is 52.5 Å². The molecule has 2 rings (SSSR count). The normalized spacial score (nSPS) is 12.2. The third-order valence-electron chi connectivity index (χ3n) is 2.33. The first-order valence-electron chi connectivity index (χ1n) is 4.45. The first-order chi connectivity index (χ1) is 6.65. The van der Waals surface area contributed by atoms with Gasteiger partial charge in [-0.25, -0.2) is 10.9 Å². The Kier molecular flexibility index (Phi) is 2.02. The molecule has 0 unspecified atom stereocenters. The minimum atomic E-state index is -0.527. The van der Waals surface area contributed by atoms with Crippen LogP contribution in [-0.4, -0.2) is 9.38 Å². The zero-order valence-corrected chi connectivity index (χ0v) is 8.27. The van der Waals surface area contributed by atoms with Crippen LogP contribution >= 0.6 is 0 Å². The van der Waals surface area contributed by atoms with E-state index >= 15 is 0 Å². The number of fused-ring (bicyclic) bond motifs is 1. The highest BCUT2D eigenvalue weighted by Gasteiger charge is 2.24. The van der Waals surface area contributed by atoms with Gasteiger partial charge in [0.25, 0.3) is 0 Å². The molecule has 0 bridgehead atoms. The first kappa shape index (κ1) is 9.18. The fraction of sp³-hybridized carbons (Fsp3) is 0.300. The molecule has 0 aliphatic heterocycles. The highest BCUT2D eigenvalue weighted by Crippen LogP contribution is 2.23. The summed E-state index contributed by atoms with van der Waals surface area (Å²) in [6, 6.07) is 5.84. The second-order valence-electron chi connectivity index (χ2n) is 3.70. The summed E-state index contributed by atoms with van der Waals surface area (Å²) in [5.41, 5.74) is 1.31. The Morgan fingerprint density at radius 2 is 2.21 bits per heavy atom. The number of hydrogen-bond acceptors (Lipinski definition) is 3. The van der Waals surface area contributed by atoms with Crippen LogP contribution < -0.4 is 5.90 Å².